The predicted octanol–water partition coefficient (Wildman–Crippen LogP) is 1.38. The molecule has 1 fully saturated rings. The van der Waals surface area contributed by atoms with Gasteiger partial charge in [0.2, 0.25) is 5.91 Å². The van der Waals surface area contributed by atoms with Crippen molar-refractivity contribution in [1.29, 1.82) is 0 Å². The second-order valence-electron chi connectivity index (χ2n) is 5.40. The molecule has 0 aromatic heterocycles. The zero-order valence-electron chi connectivity index (χ0n) is 12.7. The standard InChI is InChI=1S/C16H20N2O5/c19-14(18-8-4-7-13(18)9-15(20)21)10-17-16(22)23-11-12-5-2-1-3-6-12/h1-3,5-6,13H,4,7-11H2,(H,17,22)(H,20,21). The van der Waals surface area contributed by atoms with Gasteiger partial charge >= 0.3 is 12.1 Å². The largest absolute Gasteiger partial charge is 0.481 e. The van der Waals surface area contributed by atoms with E-state index in [0.717, 1.165) is 12.0 Å². The topological polar surface area (TPSA) is 95.9 Å². The summed E-state index contributed by atoms with van der Waals surface area (Å²) in [4.78, 5) is 36.0. The van der Waals surface area contributed by atoms with Crippen LogP contribution in [0.1, 0.15) is 24.8 Å². The molecule has 7 heteroatoms. The normalized spacial score (nSPS) is 16.9. The summed E-state index contributed by atoms with van der Waals surface area (Å²) < 4.78 is 5.02. The molecule has 1 unspecified atom stereocenters. The summed E-state index contributed by atoms with van der Waals surface area (Å²) >= 11 is 0. The lowest BCUT2D eigenvalue weighted by Crippen LogP contribution is -2.43. The lowest BCUT2D eigenvalue weighted by atomic mass is 10.1. The van der Waals surface area contributed by atoms with E-state index in [1.54, 1.807) is 0 Å². The van der Waals surface area contributed by atoms with E-state index in [4.69, 9.17) is 9.84 Å². The number of nitrogens with one attached hydrogen (secondary N) is 1. The van der Waals surface area contributed by atoms with E-state index in [-0.39, 0.29) is 31.5 Å². The van der Waals surface area contributed by atoms with Crippen molar-refractivity contribution in [3.63, 3.8) is 0 Å². The molecule has 1 heterocycles. The molecule has 7 nitrogen and oxygen atoms in total. The van der Waals surface area contributed by atoms with Gasteiger partial charge in [-0.15, -0.1) is 0 Å². The van der Waals surface area contributed by atoms with Crippen LogP contribution in [0.5, 0.6) is 0 Å². The molecule has 0 saturated carbocycles. The predicted molar refractivity (Wildman–Crippen MR) is 81.6 cm³/mol. The first-order valence-corrected chi connectivity index (χ1v) is 7.52. The maximum atomic E-state index is 12.1. The summed E-state index contributed by atoms with van der Waals surface area (Å²) in [5, 5.41) is 11.2. The van der Waals surface area contributed by atoms with E-state index in [1.165, 1.54) is 4.90 Å². The van der Waals surface area contributed by atoms with Crippen molar-refractivity contribution < 1.29 is 24.2 Å². The fourth-order valence-corrected chi connectivity index (χ4v) is 2.60. The number of carbonyl (C=O) groups excluding carboxylic acids is 2. The number of carboxylic acid groups (broad SMARTS) is 1. The second-order valence-corrected chi connectivity index (χ2v) is 5.40. The Morgan fingerprint density at radius 1 is 1.26 bits per heavy atom. The van der Waals surface area contributed by atoms with Crippen LogP contribution in [-0.2, 0) is 20.9 Å². The third-order valence-corrected chi connectivity index (χ3v) is 3.70. The Kier molecular flexibility index (Phi) is 5.96. The van der Waals surface area contributed by atoms with Crippen LogP contribution in [0.15, 0.2) is 30.3 Å². The molecule has 1 aromatic rings. The number of nitrogens with zero attached hydrogens (tertiary/aromatic N) is 1. The first-order chi connectivity index (χ1) is 11.1. The molecule has 23 heavy (non-hydrogen) atoms. The molecule has 1 atom stereocenters. The average molecular weight is 320 g/mol. The van der Waals surface area contributed by atoms with E-state index in [2.05, 4.69) is 5.32 Å². The Morgan fingerprint density at radius 2 is 2.00 bits per heavy atom. The summed E-state index contributed by atoms with van der Waals surface area (Å²) in [6, 6.07) is 8.93. The molecule has 0 aliphatic carbocycles. The van der Waals surface area contributed by atoms with Crippen molar-refractivity contribution in [2.75, 3.05) is 13.1 Å². The number of likely N-dealkylation sites (tertiary alicyclic amines) is 1. The van der Waals surface area contributed by atoms with Crippen molar-refractivity contribution in [3.8, 4) is 0 Å². The van der Waals surface area contributed by atoms with Gasteiger partial charge in [-0.05, 0) is 18.4 Å². The second kappa shape index (κ2) is 8.17. The van der Waals surface area contributed by atoms with Gasteiger partial charge in [0.15, 0.2) is 0 Å². The summed E-state index contributed by atoms with van der Waals surface area (Å²) in [5.41, 5.74) is 0.857. The Balaban J connectivity index is 1.73. The minimum absolute atomic E-state index is 0.0653. The van der Waals surface area contributed by atoms with Crippen LogP contribution in [-0.4, -0.2) is 47.1 Å². The zero-order valence-corrected chi connectivity index (χ0v) is 12.7. The number of benzene rings is 1. The quantitative estimate of drug-likeness (QED) is 0.825. The molecule has 1 aliphatic rings. The fraction of sp³-hybridized carbons (Fsp3) is 0.438. The highest BCUT2D eigenvalue weighted by molar-refractivity contribution is 5.83. The molecule has 2 N–H and O–H groups in total. The van der Waals surface area contributed by atoms with Crippen LogP contribution in [0.4, 0.5) is 4.79 Å². The molecule has 2 amide bonds. The summed E-state index contributed by atoms with van der Waals surface area (Å²) in [6.45, 7) is 0.466. The molecular weight excluding hydrogens is 300 g/mol. The number of amides is 2. The van der Waals surface area contributed by atoms with Crippen molar-refractivity contribution in [2.24, 2.45) is 0 Å². The molecule has 1 aliphatic heterocycles. The van der Waals surface area contributed by atoms with E-state index in [9.17, 15) is 14.4 Å². The van der Waals surface area contributed by atoms with Crippen LogP contribution in [0.25, 0.3) is 0 Å². The molecular formula is C16H20N2O5. The summed E-state index contributed by atoms with van der Waals surface area (Å²) in [5.74, 6) is -1.21. The van der Waals surface area contributed by atoms with Gasteiger partial charge in [0, 0.05) is 12.6 Å². The van der Waals surface area contributed by atoms with Crippen LogP contribution in [0.2, 0.25) is 0 Å². The highest BCUT2D eigenvalue weighted by Gasteiger charge is 2.30. The highest BCUT2D eigenvalue weighted by atomic mass is 16.5. The van der Waals surface area contributed by atoms with Crippen LogP contribution in [0.3, 0.4) is 0 Å². The number of hydrogen-bond acceptors (Lipinski definition) is 4. The minimum Gasteiger partial charge on any atom is -0.481 e. The smallest absolute Gasteiger partial charge is 0.407 e. The molecule has 1 saturated heterocycles. The van der Waals surface area contributed by atoms with Crippen molar-refractivity contribution in [2.45, 2.75) is 31.9 Å². The van der Waals surface area contributed by atoms with Gasteiger partial charge in [-0.25, -0.2) is 4.79 Å². The average Bonchev–Trinajstić information content (AvgIpc) is 2.99. The third-order valence-electron chi connectivity index (χ3n) is 3.70. The lowest BCUT2D eigenvalue weighted by molar-refractivity contribution is -0.139. The van der Waals surface area contributed by atoms with Gasteiger partial charge in [-0.3, -0.25) is 9.59 Å². The number of alkyl carbamates (subject to hydrolysis) is 1. The van der Waals surface area contributed by atoms with E-state index < -0.39 is 12.1 Å². The number of carbonyl (C=O) groups is 3. The maximum Gasteiger partial charge on any atom is 0.407 e. The molecule has 0 radical (unpaired) electrons. The summed E-state index contributed by atoms with van der Waals surface area (Å²) in [7, 11) is 0. The van der Waals surface area contributed by atoms with E-state index >= 15 is 0 Å². The number of ether oxygens (including phenoxy) is 1. The first-order valence-electron chi connectivity index (χ1n) is 7.52. The Hall–Kier alpha value is -2.57. The number of hydrogen-bond donors (Lipinski definition) is 2. The van der Waals surface area contributed by atoms with Crippen molar-refractivity contribution in [1.82, 2.24) is 10.2 Å². The molecule has 1 aromatic carbocycles. The SMILES string of the molecule is O=C(O)CC1CCCN1C(=O)CNC(=O)OCc1ccccc1. The Labute approximate surface area is 134 Å². The van der Waals surface area contributed by atoms with Gasteiger partial charge in [0.05, 0.1) is 6.42 Å². The Morgan fingerprint density at radius 3 is 2.70 bits per heavy atom. The van der Waals surface area contributed by atoms with Gasteiger partial charge in [-0.2, -0.15) is 0 Å². The number of carboxylic acids is 1. The van der Waals surface area contributed by atoms with Gasteiger partial charge in [0.1, 0.15) is 13.2 Å². The van der Waals surface area contributed by atoms with Crippen molar-refractivity contribution >= 4 is 18.0 Å². The van der Waals surface area contributed by atoms with Gasteiger partial charge in [-0.1, -0.05) is 30.3 Å². The summed E-state index contributed by atoms with van der Waals surface area (Å²) in [6.07, 6.45) is 0.721. The highest BCUT2D eigenvalue weighted by Crippen LogP contribution is 2.19. The van der Waals surface area contributed by atoms with Crippen molar-refractivity contribution in [3.05, 3.63) is 35.9 Å². The number of rotatable bonds is 6. The fourth-order valence-electron chi connectivity index (χ4n) is 2.60. The zero-order chi connectivity index (χ0) is 16.7. The molecule has 0 spiro atoms. The lowest BCUT2D eigenvalue weighted by Gasteiger charge is -2.23. The molecule has 2 rings (SSSR count). The monoisotopic (exact) mass is 320 g/mol. The van der Waals surface area contributed by atoms with Gasteiger partial charge < -0.3 is 20.1 Å². The van der Waals surface area contributed by atoms with Crippen LogP contribution < -0.4 is 5.32 Å². The molecule has 124 valence electrons. The van der Waals surface area contributed by atoms with Crippen LogP contribution >= 0.6 is 0 Å². The van der Waals surface area contributed by atoms with Crippen LogP contribution in [0, 0.1) is 0 Å². The minimum atomic E-state index is -0.926. The number of aliphatic carboxylic acids is 1. The maximum absolute atomic E-state index is 12.1. The van der Waals surface area contributed by atoms with Gasteiger partial charge in [0.25, 0.3) is 0 Å². The molecule has 0 bridgehead atoms. The van der Waals surface area contributed by atoms with E-state index in [1.807, 2.05) is 30.3 Å². The Bertz CT molecular complexity index is 561. The first kappa shape index (κ1) is 16.8. The third kappa shape index (κ3) is 5.28. The van der Waals surface area contributed by atoms with E-state index in [0.29, 0.717) is 13.0 Å².